The van der Waals surface area contributed by atoms with E-state index in [9.17, 15) is 9.59 Å². The van der Waals surface area contributed by atoms with Gasteiger partial charge in [0.2, 0.25) is 5.91 Å². The number of amidine groups is 1. The molecule has 5 rings (SSSR count). The summed E-state index contributed by atoms with van der Waals surface area (Å²) < 4.78 is 0. The van der Waals surface area contributed by atoms with Crippen LogP contribution in [0.15, 0.2) is 120 Å². The largest absolute Gasteiger partial charge is 0.352 e. The number of amides is 2. The molecule has 0 unspecified atom stereocenters. The van der Waals surface area contributed by atoms with Crippen LogP contribution < -0.4 is 10.2 Å². The lowest BCUT2D eigenvalue weighted by Crippen LogP contribution is -2.32. The lowest BCUT2D eigenvalue weighted by atomic mass is 10.1. The Kier molecular flexibility index (Phi) is 7.24. The third-order valence-corrected chi connectivity index (χ3v) is 6.21. The van der Waals surface area contributed by atoms with E-state index in [0.29, 0.717) is 28.8 Å². The van der Waals surface area contributed by atoms with E-state index in [1.165, 1.54) is 0 Å². The maximum Gasteiger partial charge on any atom is 0.282 e. The van der Waals surface area contributed by atoms with Crippen molar-refractivity contribution in [3.63, 3.8) is 0 Å². The summed E-state index contributed by atoms with van der Waals surface area (Å²) in [6.07, 6.45) is 2.01. The van der Waals surface area contributed by atoms with E-state index in [4.69, 9.17) is 16.6 Å². The lowest BCUT2D eigenvalue weighted by Gasteiger charge is -2.19. The van der Waals surface area contributed by atoms with Gasteiger partial charge in [-0.15, -0.1) is 0 Å². The molecule has 1 heterocycles. The molecule has 0 spiro atoms. The van der Waals surface area contributed by atoms with Gasteiger partial charge >= 0.3 is 0 Å². The third kappa shape index (κ3) is 5.85. The number of benzene rings is 4. The van der Waals surface area contributed by atoms with Crippen molar-refractivity contribution in [3.05, 3.63) is 142 Å². The van der Waals surface area contributed by atoms with E-state index >= 15 is 0 Å². The van der Waals surface area contributed by atoms with Gasteiger partial charge in [-0.25, -0.2) is 4.99 Å². The van der Waals surface area contributed by atoms with Crippen molar-refractivity contribution in [2.45, 2.75) is 13.0 Å². The average molecular weight is 506 g/mol. The predicted molar refractivity (Wildman–Crippen MR) is 148 cm³/mol. The Labute approximate surface area is 220 Å². The standard InChI is InChI=1S/C31H24ClN3O2/c32-26-15-11-22(12-16-26)19-28-31(37)35(30(34-28)25-9-5-2-6-10-25)27-17-13-23(14-18-27)20-29(36)33-21-24-7-3-1-4-8-24/h1-19H,20-21H2,(H,33,36)/b28-19-. The summed E-state index contributed by atoms with van der Waals surface area (Å²) in [5.74, 6) is 0.273. The fourth-order valence-corrected chi connectivity index (χ4v) is 4.19. The summed E-state index contributed by atoms with van der Waals surface area (Å²) in [5.41, 5.74) is 4.60. The molecule has 0 atom stereocenters. The molecule has 4 aromatic rings. The number of hydrogen-bond acceptors (Lipinski definition) is 3. The van der Waals surface area contributed by atoms with Crippen molar-refractivity contribution < 1.29 is 9.59 Å². The van der Waals surface area contributed by atoms with Crippen LogP contribution in [-0.2, 0) is 22.6 Å². The molecular weight excluding hydrogens is 482 g/mol. The van der Waals surface area contributed by atoms with E-state index in [1.807, 2.05) is 97.1 Å². The molecule has 182 valence electrons. The molecule has 1 aliphatic rings. The number of rotatable bonds is 7. The summed E-state index contributed by atoms with van der Waals surface area (Å²) in [4.78, 5) is 32.2. The van der Waals surface area contributed by atoms with Crippen LogP contribution in [-0.4, -0.2) is 17.6 Å². The van der Waals surface area contributed by atoms with E-state index in [2.05, 4.69) is 5.32 Å². The van der Waals surface area contributed by atoms with Gasteiger partial charge in [0.1, 0.15) is 11.5 Å². The minimum atomic E-state index is -0.220. The lowest BCUT2D eigenvalue weighted by molar-refractivity contribution is -0.120. The van der Waals surface area contributed by atoms with Crippen molar-refractivity contribution in [1.29, 1.82) is 0 Å². The first-order chi connectivity index (χ1) is 18.1. The zero-order valence-electron chi connectivity index (χ0n) is 20.0. The van der Waals surface area contributed by atoms with Gasteiger partial charge in [0.25, 0.3) is 5.91 Å². The Balaban J connectivity index is 1.36. The number of carbonyl (C=O) groups is 2. The molecule has 0 saturated carbocycles. The molecule has 0 aliphatic carbocycles. The molecule has 0 aromatic heterocycles. The van der Waals surface area contributed by atoms with Gasteiger partial charge in [-0.3, -0.25) is 14.5 Å². The second kappa shape index (κ2) is 11.1. The van der Waals surface area contributed by atoms with Crippen LogP contribution >= 0.6 is 11.6 Å². The fraction of sp³-hybridized carbons (Fsp3) is 0.0645. The fourth-order valence-electron chi connectivity index (χ4n) is 4.06. The van der Waals surface area contributed by atoms with Crippen LogP contribution in [0.25, 0.3) is 6.08 Å². The SMILES string of the molecule is O=C(Cc1ccc(N2C(=O)/C(=C/c3ccc(Cl)cc3)N=C2c2ccccc2)cc1)NCc1ccccc1. The van der Waals surface area contributed by atoms with E-state index in [0.717, 1.165) is 22.3 Å². The smallest absolute Gasteiger partial charge is 0.282 e. The molecular formula is C31H24ClN3O2. The number of anilines is 1. The molecule has 4 aromatic carbocycles. The maximum atomic E-state index is 13.5. The molecule has 1 aliphatic heterocycles. The highest BCUT2D eigenvalue weighted by Crippen LogP contribution is 2.28. The minimum absolute atomic E-state index is 0.0615. The molecule has 1 N–H and O–H groups in total. The summed E-state index contributed by atoms with van der Waals surface area (Å²) in [5, 5.41) is 3.58. The molecule has 0 radical (unpaired) electrons. The van der Waals surface area contributed by atoms with Crippen LogP contribution in [0.4, 0.5) is 5.69 Å². The second-order valence-corrected chi connectivity index (χ2v) is 9.07. The van der Waals surface area contributed by atoms with Crippen molar-refractivity contribution in [1.82, 2.24) is 5.32 Å². The Morgan fingerprint density at radius 1 is 0.811 bits per heavy atom. The van der Waals surface area contributed by atoms with E-state index < -0.39 is 0 Å². The molecule has 0 saturated heterocycles. The average Bonchev–Trinajstić information content (AvgIpc) is 3.26. The molecule has 37 heavy (non-hydrogen) atoms. The van der Waals surface area contributed by atoms with Crippen molar-refractivity contribution >= 4 is 41.0 Å². The highest BCUT2D eigenvalue weighted by atomic mass is 35.5. The van der Waals surface area contributed by atoms with E-state index in [-0.39, 0.29) is 18.2 Å². The van der Waals surface area contributed by atoms with Crippen molar-refractivity contribution in [3.8, 4) is 0 Å². The zero-order chi connectivity index (χ0) is 25.6. The van der Waals surface area contributed by atoms with Crippen LogP contribution in [0.5, 0.6) is 0 Å². The summed E-state index contributed by atoms with van der Waals surface area (Å²) in [6.45, 7) is 0.486. The summed E-state index contributed by atoms with van der Waals surface area (Å²) in [6, 6.07) is 34.1. The highest BCUT2D eigenvalue weighted by Gasteiger charge is 2.32. The van der Waals surface area contributed by atoms with Gasteiger partial charge in [-0.2, -0.15) is 0 Å². The molecule has 0 bridgehead atoms. The number of nitrogens with one attached hydrogen (secondary N) is 1. The molecule has 6 heteroatoms. The third-order valence-electron chi connectivity index (χ3n) is 5.96. The van der Waals surface area contributed by atoms with Crippen molar-refractivity contribution in [2.75, 3.05) is 4.90 Å². The van der Waals surface area contributed by atoms with Crippen molar-refractivity contribution in [2.24, 2.45) is 4.99 Å². The quantitative estimate of drug-likeness (QED) is 0.311. The van der Waals surface area contributed by atoms with Gasteiger partial charge in [0, 0.05) is 17.1 Å². The Bertz CT molecular complexity index is 1460. The van der Waals surface area contributed by atoms with E-state index in [1.54, 1.807) is 23.1 Å². The van der Waals surface area contributed by atoms with Crippen LogP contribution in [0.2, 0.25) is 5.02 Å². The first kappa shape index (κ1) is 24.2. The van der Waals surface area contributed by atoms with Crippen LogP contribution in [0, 0.1) is 0 Å². The molecule has 0 fully saturated rings. The number of carbonyl (C=O) groups excluding carboxylic acids is 2. The second-order valence-electron chi connectivity index (χ2n) is 8.63. The first-order valence-electron chi connectivity index (χ1n) is 11.9. The monoisotopic (exact) mass is 505 g/mol. The topological polar surface area (TPSA) is 61.8 Å². The van der Waals surface area contributed by atoms with Gasteiger partial charge in [0.15, 0.2) is 0 Å². The highest BCUT2D eigenvalue weighted by molar-refractivity contribution is 6.33. The number of aliphatic imine (C=N–C) groups is 1. The molecule has 5 nitrogen and oxygen atoms in total. The predicted octanol–water partition coefficient (Wildman–Crippen LogP) is 6.03. The Hall–Kier alpha value is -4.48. The molecule has 2 amide bonds. The summed E-state index contributed by atoms with van der Waals surface area (Å²) in [7, 11) is 0. The van der Waals surface area contributed by atoms with Crippen LogP contribution in [0.1, 0.15) is 22.3 Å². The van der Waals surface area contributed by atoms with Gasteiger partial charge < -0.3 is 5.32 Å². The normalized spacial score (nSPS) is 14.1. The maximum absolute atomic E-state index is 13.5. The van der Waals surface area contributed by atoms with Crippen LogP contribution in [0.3, 0.4) is 0 Å². The minimum Gasteiger partial charge on any atom is -0.352 e. The zero-order valence-corrected chi connectivity index (χ0v) is 20.7. The Morgan fingerprint density at radius 2 is 1.46 bits per heavy atom. The summed E-state index contributed by atoms with van der Waals surface area (Å²) >= 11 is 6.00. The van der Waals surface area contributed by atoms with Gasteiger partial charge in [-0.1, -0.05) is 96.5 Å². The van der Waals surface area contributed by atoms with Gasteiger partial charge in [-0.05, 0) is 47.0 Å². The van der Waals surface area contributed by atoms with Gasteiger partial charge in [0.05, 0.1) is 12.1 Å². The number of nitrogens with zero attached hydrogens (tertiary/aromatic N) is 2. The first-order valence-corrected chi connectivity index (χ1v) is 12.3. The number of halogens is 1. The Morgan fingerprint density at radius 3 is 2.14 bits per heavy atom. The number of hydrogen-bond donors (Lipinski definition) is 1.